The molecule has 136 valence electrons. The van der Waals surface area contributed by atoms with E-state index in [1.807, 2.05) is 6.92 Å². The molecule has 2 rings (SSSR count). The van der Waals surface area contributed by atoms with Gasteiger partial charge in [-0.3, -0.25) is 0 Å². The van der Waals surface area contributed by atoms with Crippen molar-refractivity contribution < 1.29 is 26.7 Å². The van der Waals surface area contributed by atoms with Crippen LogP contribution < -0.4 is 4.74 Å². The van der Waals surface area contributed by atoms with Crippen molar-refractivity contribution >= 4 is 0 Å². The highest BCUT2D eigenvalue weighted by atomic mass is 19.3. The third-order valence-corrected chi connectivity index (χ3v) is 3.32. The van der Waals surface area contributed by atoms with Gasteiger partial charge in [-0.05, 0) is 36.2 Å². The molecule has 0 N–H and O–H groups in total. The van der Waals surface area contributed by atoms with Crippen LogP contribution in [-0.4, -0.2) is 6.43 Å². The van der Waals surface area contributed by atoms with Crippen LogP contribution in [0.25, 0.3) is 0 Å². The molecule has 0 heterocycles. The van der Waals surface area contributed by atoms with Gasteiger partial charge in [0.1, 0.15) is 5.82 Å². The van der Waals surface area contributed by atoms with E-state index >= 15 is 0 Å². The molecule has 2 aromatic rings. The first-order valence-electron chi connectivity index (χ1n) is 7.81. The SMILES string of the molecule is CCCc1ccc(C#Cc2cc(F)c(OC=CC(F)F)c(F)c2)c(F)c1. The van der Waals surface area contributed by atoms with E-state index in [1.54, 1.807) is 6.07 Å². The number of halogens is 5. The number of benzene rings is 2. The molecule has 0 atom stereocenters. The summed E-state index contributed by atoms with van der Waals surface area (Å²) in [7, 11) is 0. The number of hydrogen-bond donors (Lipinski definition) is 0. The van der Waals surface area contributed by atoms with Gasteiger partial charge in [0.2, 0.25) is 0 Å². The third kappa shape index (κ3) is 5.35. The summed E-state index contributed by atoms with van der Waals surface area (Å²) in [5, 5.41) is 0. The van der Waals surface area contributed by atoms with E-state index in [4.69, 9.17) is 0 Å². The molecule has 0 fully saturated rings. The lowest BCUT2D eigenvalue weighted by atomic mass is 10.1. The molecular weight excluding hydrogens is 351 g/mol. The van der Waals surface area contributed by atoms with E-state index in [9.17, 15) is 22.0 Å². The van der Waals surface area contributed by atoms with Gasteiger partial charge in [0.05, 0.1) is 11.8 Å². The van der Waals surface area contributed by atoms with Crippen molar-refractivity contribution in [3.8, 4) is 17.6 Å². The van der Waals surface area contributed by atoms with Gasteiger partial charge < -0.3 is 4.74 Å². The van der Waals surface area contributed by atoms with Crippen molar-refractivity contribution in [2.75, 3.05) is 0 Å². The van der Waals surface area contributed by atoms with Crippen LogP contribution in [-0.2, 0) is 6.42 Å². The molecular formula is C20H15F5O. The first kappa shape index (κ1) is 19.5. The summed E-state index contributed by atoms with van der Waals surface area (Å²) < 4.78 is 70.1. The molecule has 0 aliphatic heterocycles. The molecule has 0 radical (unpaired) electrons. The van der Waals surface area contributed by atoms with Gasteiger partial charge >= 0.3 is 0 Å². The quantitative estimate of drug-likeness (QED) is 0.379. The van der Waals surface area contributed by atoms with Crippen LogP contribution >= 0.6 is 0 Å². The number of hydrogen-bond acceptors (Lipinski definition) is 1. The van der Waals surface area contributed by atoms with E-state index in [2.05, 4.69) is 16.6 Å². The number of allylic oxidation sites excluding steroid dienone is 1. The smallest absolute Gasteiger partial charge is 0.260 e. The van der Waals surface area contributed by atoms with Gasteiger partial charge in [0.15, 0.2) is 17.4 Å². The summed E-state index contributed by atoms with van der Waals surface area (Å²) in [6.45, 7) is 1.98. The van der Waals surface area contributed by atoms with Gasteiger partial charge in [-0.15, -0.1) is 0 Å². The van der Waals surface area contributed by atoms with Crippen LogP contribution in [0.2, 0.25) is 0 Å². The summed E-state index contributed by atoms with van der Waals surface area (Å²) >= 11 is 0. The topological polar surface area (TPSA) is 9.23 Å². The van der Waals surface area contributed by atoms with Crippen LogP contribution in [0.5, 0.6) is 5.75 Å². The predicted molar refractivity (Wildman–Crippen MR) is 88.5 cm³/mol. The zero-order chi connectivity index (χ0) is 19.1. The molecule has 6 heteroatoms. The second kappa shape index (κ2) is 9.04. The fourth-order valence-corrected chi connectivity index (χ4v) is 2.16. The van der Waals surface area contributed by atoms with Crippen molar-refractivity contribution in [1.29, 1.82) is 0 Å². The highest BCUT2D eigenvalue weighted by Gasteiger charge is 2.12. The molecule has 0 aromatic heterocycles. The predicted octanol–water partition coefficient (Wildman–Crippen LogP) is 5.61. The van der Waals surface area contributed by atoms with E-state index in [-0.39, 0.29) is 11.1 Å². The molecule has 26 heavy (non-hydrogen) atoms. The largest absolute Gasteiger partial charge is 0.459 e. The molecule has 0 saturated carbocycles. The van der Waals surface area contributed by atoms with Gasteiger partial charge in [-0.1, -0.05) is 31.3 Å². The van der Waals surface area contributed by atoms with E-state index in [0.717, 1.165) is 30.5 Å². The van der Waals surface area contributed by atoms with Gasteiger partial charge in [0.25, 0.3) is 6.43 Å². The first-order chi connectivity index (χ1) is 12.4. The van der Waals surface area contributed by atoms with Crippen molar-refractivity contribution in [3.05, 3.63) is 76.8 Å². The number of rotatable bonds is 5. The second-order valence-electron chi connectivity index (χ2n) is 5.36. The lowest BCUT2D eigenvalue weighted by Gasteiger charge is -2.04. The Morgan fingerprint density at radius 3 is 2.27 bits per heavy atom. The van der Waals surface area contributed by atoms with Crippen molar-refractivity contribution in [1.82, 2.24) is 0 Å². The Kier molecular flexibility index (Phi) is 6.79. The van der Waals surface area contributed by atoms with Crippen molar-refractivity contribution in [2.45, 2.75) is 26.2 Å². The molecule has 2 aromatic carbocycles. The summed E-state index contributed by atoms with van der Waals surface area (Å²) in [6.07, 6.45) is -0.334. The van der Waals surface area contributed by atoms with Gasteiger partial charge in [-0.2, -0.15) is 0 Å². The average molecular weight is 366 g/mol. The zero-order valence-electron chi connectivity index (χ0n) is 13.8. The average Bonchev–Trinajstić information content (AvgIpc) is 2.56. The maximum Gasteiger partial charge on any atom is 0.260 e. The molecule has 0 bridgehead atoms. The Morgan fingerprint density at radius 2 is 1.69 bits per heavy atom. The fraction of sp³-hybridized carbons (Fsp3) is 0.200. The Labute approximate surface area is 148 Å². The highest BCUT2D eigenvalue weighted by molar-refractivity contribution is 5.46. The van der Waals surface area contributed by atoms with E-state index < -0.39 is 29.6 Å². The second-order valence-corrected chi connectivity index (χ2v) is 5.36. The minimum absolute atomic E-state index is 0.0396. The number of ether oxygens (including phenoxy) is 1. The lowest BCUT2D eigenvalue weighted by molar-refractivity contribution is 0.200. The summed E-state index contributed by atoms with van der Waals surface area (Å²) in [4.78, 5) is 0. The molecule has 0 spiro atoms. The Bertz CT molecular complexity index is 839. The van der Waals surface area contributed by atoms with Crippen molar-refractivity contribution in [2.24, 2.45) is 0 Å². The Hall–Kier alpha value is -2.81. The molecule has 1 nitrogen and oxygen atoms in total. The fourth-order valence-electron chi connectivity index (χ4n) is 2.16. The van der Waals surface area contributed by atoms with Crippen LogP contribution in [0.15, 0.2) is 42.7 Å². The first-order valence-corrected chi connectivity index (χ1v) is 7.81. The van der Waals surface area contributed by atoms with E-state index in [1.165, 1.54) is 12.1 Å². The molecule has 0 unspecified atom stereocenters. The maximum absolute atomic E-state index is 14.0. The summed E-state index contributed by atoms with van der Waals surface area (Å²) in [6, 6.07) is 6.38. The Balaban J connectivity index is 2.23. The number of alkyl halides is 2. The molecule has 0 aliphatic carbocycles. The van der Waals surface area contributed by atoms with Gasteiger partial charge in [0, 0.05) is 11.6 Å². The minimum atomic E-state index is -2.80. The summed E-state index contributed by atoms with van der Waals surface area (Å²) in [5.41, 5.74) is 0.902. The van der Waals surface area contributed by atoms with Crippen LogP contribution in [0, 0.1) is 29.3 Å². The lowest BCUT2D eigenvalue weighted by Crippen LogP contribution is -1.95. The zero-order valence-corrected chi connectivity index (χ0v) is 13.8. The minimum Gasteiger partial charge on any atom is -0.459 e. The standard InChI is InChI=1S/C20H15F5O/c1-2-3-13-4-6-15(16(21)10-13)7-5-14-11-17(22)20(18(23)12-14)26-9-8-19(24)25/h4,6,8-12,19H,2-3H2,1H3. The number of aryl methyl sites for hydroxylation is 1. The van der Waals surface area contributed by atoms with E-state index in [0.29, 0.717) is 12.3 Å². The van der Waals surface area contributed by atoms with Crippen LogP contribution in [0.4, 0.5) is 22.0 Å². The Morgan fingerprint density at radius 1 is 1.00 bits per heavy atom. The molecule has 0 amide bonds. The van der Waals surface area contributed by atoms with Crippen LogP contribution in [0.3, 0.4) is 0 Å². The van der Waals surface area contributed by atoms with Crippen LogP contribution in [0.1, 0.15) is 30.0 Å². The van der Waals surface area contributed by atoms with Crippen molar-refractivity contribution in [3.63, 3.8) is 0 Å². The molecule has 0 aliphatic rings. The maximum atomic E-state index is 14.0. The monoisotopic (exact) mass is 366 g/mol. The molecule has 0 saturated heterocycles. The highest BCUT2D eigenvalue weighted by Crippen LogP contribution is 2.23. The summed E-state index contributed by atoms with van der Waals surface area (Å²) in [5.74, 6) is 1.45. The third-order valence-electron chi connectivity index (χ3n) is 3.32. The normalized spacial score (nSPS) is 10.9. The van der Waals surface area contributed by atoms with Gasteiger partial charge in [-0.25, -0.2) is 22.0 Å².